The van der Waals surface area contributed by atoms with Gasteiger partial charge in [0.05, 0.1) is 0 Å². The van der Waals surface area contributed by atoms with Crippen molar-refractivity contribution in [3.8, 4) is 44.5 Å². The lowest BCUT2D eigenvalue weighted by Crippen LogP contribution is -2.24. The van der Waals surface area contributed by atoms with E-state index in [2.05, 4.69) is 218 Å². The van der Waals surface area contributed by atoms with Crippen LogP contribution in [0.2, 0.25) is 0 Å². The van der Waals surface area contributed by atoms with E-state index in [1.54, 1.807) is 0 Å². The Balaban J connectivity index is 1.11. The Hall–Kier alpha value is -7.42. The Labute approximate surface area is 382 Å². The summed E-state index contributed by atoms with van der Waals surface area (Å²) < 4.78 is 0. The summed E-state index contributed by atoms with van der Waals surface area (Å²) in [6.07, 6.45) is 4.50. The Morgan fingerprint density at radius 2 is 0.908 bits per heavy atom. The number of benzene rings is 10. The number of fused-ring (bicyclic) bond motifs is 8. The maximum atomic E-state index is 2.56. The van der Waals surface area contributed by atoms with Crippen LogP contribution < -0.4 is 9.80 Å². The van der Waals surface area contributed by atoms with Crippen LogP contribution in [0.1, 0.15) is 48.9 Å². The molecule has 0 N–H and O–H groups in total. The number of para-hydroxylation sites is 2. The summed E-state index contributed by atoms with van der Waals surface area (Å²) in [5.41, 5.74) is 20.9. The Kier molecular flexibility index (Phi) is 8.68. The molecule has 0 saturated heterocycles. The fraction of sp³-hybridized carbons (Fsp3) is 0.143. The van der Waals surface area contributed by atoms with Crippen molar-refractivity contribution in [3.05, 3.63) is 216 Å². The van der Waals surface area contributed by atoms with Crippen molar-refractivity contribution < 1.29 is 0 Å². The molecule has 10 aromatic carbocycles. The lowest BCUT2D eigenvalue weighted by molar-refractivity contribution is 0.660. The quantitative estimate of drug-likeness (QED) is 0.159. The Morgan fingerprint density at radius 3 is 1.62 bits per heavy atom. The first-order valence-corrected chi connectivity index (χ1v) is 23.6. The molecule has 0 radical (unpaired) electrons. The van der Waals surface area contributed by atoms with Gasteiger partial charge in [-0.05, 0) is 173 Å². The van der Waals surface area contributed by atoms with Crippen molar-refractivity contribution >= 4 is 55.1 Å². The van der Waals surface area contributed by atoms with Crippen LogP contribution in [0, 0.1) is 0 Å². The van der Waals surface area contributed by atoms with Gasteiger partial charge in [-0.1, -0.05) is 159 Å². The molecule has 0 bridgehead atoms. The smallest absolute Gasteiger partial charge is 0.0443 e. The van der Waals surface area contributed by atoms with Crippen molar-refractivity contribution in [2.24, 2.45) is 0 Å². The number of anilines is 4. The third-order valence-corrected chi connectivity index (χ3v) is 15.1. The van der Waals surface area contributed by atoms with E-state index in [4.69, 9.17) is 0 Å². The van der Waals surface area contributed by atoms with Crippen molar-refractivity contribution in [2.45, 2.75) is 44.9 Å². The molecule has 0 amide bonds. The molecule has 3 aliphatic rings. The molecular weight excluding hydrogens is 785 g/mol. The summed E-state index contributed by atoms with van der Waals surface area (Å²) in [7, 11) is 0. The van der Waals surface area contributed by atoms with E-state index in [0.29, 0.717) is 0 Å². The zero-order chi connectivity index (χ0) is 43.2. The average molecular weight is 835 g/mol. The van der Waals surface area contributed by atoms with Gasteiger partial charge in [0.2, 0.25) is 0 Å². The summed E-state index contributed by atoms with van der Waals surface area (Å²) in [6, 6.07) is 73.9. The molecule has 10 aromatic rings. The summed E-state index contributed by atoms with van der Waals surface area (Å²) >= 11 is 0. The van der Waals surface area contributed by atoms with Crippen LogP contribution in [0.5, 0.6) is 0 Å². The van der Waals surface area contributed by atoms with Crippen LogP contribution in [0.3, 0.4) is 0 Å². The van der Waals surface area contributed by atoms with Crippen molar-refractivity contribution in [1.82, 2.24) is 0 Å². The number of nitrogens with zero attached hydrogens (tertiary/aromatic N) is 2. The van der Waals surface area contributed by atoms with E-state index >= 15 is 0 Å². The normalized spacial score (nSPS) is 14.9. The minimum atomic E-state index is -0.118. The van der Waals surface area contributed by atoms with Gasteiger partial charge in [-0.3, -0.25) is 0 Å². The number of rotatable bonds is 5. The lowest BCUT2D eigenvalue weighted by Gasteiger charge is -2.32. The van der Waals surface area contributed by atoms with Gasteiger partial charge in [0.25, 0.3) is 0 Å². The molecule has 2 aliphatic heterocycles. The van der Waals surface area contributed by atoms with E-state index in [9.17, 15) is 0 Å². The third-order valence-electron chi connectivity index (χ3n) is 15.1. The van der Waals surface area contributed by atoms with E-state index in [1.807, 2.05) is 0 Å². The van der Waals surface area contributed by atoms with Crippen LogP contribution >= 0.6 is 0 Å². The summed E-state index contributed by atoms with van der Waals surface area (Å²) in [4.78, 5) is 5.12. The molecule has 0 aromatic heterocycles. The van der Waals surface area contributed by atoms with Crippen molar-refractivity contribution in [3.63, 3.8) is 0 Å². The topological polar surface area (TPSA) is 6.48 Å². The van der Waals surface area contributed by atoms with E-state index in [0.717, 1.165) is 38.8 Å². The largest absolute Gasteiger partial charge is 0.341 e. The SMILES string of the molecule is CC1(C)c2ccccc2-c2ccc(-c3c4ccc(N5CCCc6ccccc65)cc4c(-c4cccc(-c5cccc6ccccc56)c4)c4ccc(N5CCCc6ccccc65)cc34)cc21. The molecule has 1 aliphatic carbocycles. The van der Waals surface area contributed by atoms with Gasteiger partial charge in [-0.2, -0.15) is 0 Å². The fourth-order valence-electron chi connectivity index (χ4n) is 11.9. The average Bonchev–Trinajstić information content (AvgIpc) is 3.59. The van der Waals surface area contributed by atoms with Gasteiger partial charge in [-0.25, -0.2) is 0 Å². The second-order valence-electron chi connectivity index (χ2n) is 19.0. The molecule has 0 fully saturated rings. The summed E-state index contributed by atoms with van der Waals surface area (Å²) in [5, 5.41) is 7.65. The first-order chi connectivity index (χ1) is 32.0. The Morgan fingerprint density at radius 1 is 0.369 bits per heavy atom. The van der Waals surface area contributed by atoms with Crippen molar-refractivity contribution in [1.29, 1.82) is 0 Å². The molecule has 312 valence electrons. The number of aryl methyl sites for hydroxylation is 2. The highest BCUT2D eigenvalue weighted by atomic mass is 15.1. The van der Waals surface area contributed by atoms with Gasteiger partial charge >= 0.3 is 0 Å². The standard InChI is InChI=1S/C63H50N2/c1-63(2)57-26-8-7-24-51(57)52-32-29-46(38-58(52)63)62-54-34-31-47(64-35-13-21-42-16-4-9-27-59(42)64)39-55(54)61(45-20-11-19-44(37-45)50-25-12-18-41-15-3-6-23-49(41)50)53-33-30-48(40-56(53)62)65-36-14-22-43-17-5-10-28-60(43)65/h3-12,15-20,23-34,37-40H,13-14,21-22,35-36H2,1-2H3. The lowest BCUT2D eigenvalue weighted by atomic mass is 9.80. The van der Waals surface area contributed by atoms with Gasteiger partial charge in [-0.15, -0.1) is 0 Å². The first-order valence-electron chi connectivity index (χ1n) is 23.6. The Bertz CT molecular complexity index is 3550. The highest BCUT2D eigenvalue weighted by Crippen LogP contribution is 2.53. The second-order valence-corrected chi connectivity index (χ2v) is 19.0. The second kappa shape index (κ2) is 14.8. The monoisotopic (exact) mass is 834 g/mol. The maximum Gasteiger partial charge on any atom is 0.0443 e. The van der Waals surface area contributed by atoms with E-state index in [1.165, 1.54) is 122 Å². The highest BCUT2D eigenvalue weighted by molar-refractivity contribution is 6.23. The van der Waals surface area contributed by atoms with Gasteiger partial charge < -0.3 is 9.80 Å². The summed E-state index contributed by atoms with van der Waals surface area (Å²) in [6.45, 7) is 6.80. The minimum Gasteiger partial charge on any atom is -0.341 e. The van der Waals surface area contributed by atoms with Gasteiger partial charge in [0.15, 0.2) is 0 Å². The van der Waals surface area contributed by atoms with Crippen LogP contribution in [0.25, 0.3) is 76.8 Å². The zero-order valence-corrected chi connectivity index (χ0v) is 37.1. The summed E-state index contributed by atoms with van der Waals surface area (Å²) in [5.74, 6) is 0. The molecule has 13 rings (SSSR count). The predicted molar refractivity (Wildman–Crippen MR) is 276 cm³/mol. The zero-order valence-electron chi connectivity index (χ0n) is 37.1. The molecule has 65 heavy (non-hydrogen) atoms. The van der Waals surface area contributed by atoms with Gasteiger partial charge in [0.1, 0.15) is 0 Å². The van der Waals surface area contributed by atoms with Crippen LogP contribution in [-0.4, -0.2) is 13.1 Å². The molecule has 0 unspecified atom stereocenters. The number of hydrogen-bond donors (Lipinski definition) is 0. The van der Waals surface area contributed by atoms with E-state index in [-0.39, 0.29) is 5.41 Å². The molecule has 0 saturated carbocycles. The first kappa shape index (κ1) is 38.1. The molecule has 2 nitrogen and oxygen atoms in total. The van der Waals surface area contributed by atoms with Crippen LogP contribution in [0.4, 0.5) is 22.7 Å². The molecule has 2 heterocycles. The molecule has 0 atom stereocenters. The molecule has 2 heteroatoms. The van der Waals surface area contributed by atoms with Gasteiger partial charge in [0, 0.05) is 41.3 Å². The molecular formula is C63H50N2. The number of hydrogen-bond acceptors (Lipinski definition) is 2. The minimum absolute atomic E-state index is 0.118. The third kappa shape index (κ3) is 6.00. The predicted octanol–water partition coefficient (Wildman–Crippen LogP) is 16.6. The van der Waals surface area contributed by atoms with Crippen molar-refractivity contribution in [2.75, 3.05) is 22.9 Å². The fourth-order valence-corrected chi connectivity index (χ4v) is 11.9. The maximum absolute atomic E-state index is 2.56. The molecule has 0 spiro atoms. The highest BCUT2D eigenvalue weighted by Gasteiger charge is 2.36. The van der Waals surface area contributed by atoms with E-state index < -0.39 is 0 Å². The van der Waals surface area contributed by atoms with Crippen LogP contribution in [-0.2, 0) is 18.3 Å². The van der Waals surface area contributed by atoms with Crippen LogP contribution in [0.15, 0.2) is 194 Å².